The number of nitrogens with zero attached hydrogens (tertiary/aromatic N) is 5. The van der Waals surface area contributed by atoms with Crippen LogP contribution in [-0.2, 0) is 11.2 Å². The number of hydrogen-bond acceptors (Lipinski definition) is 6. The lowest BCUT2D eigenvalue weighted by Crippen LogP contribution is -2.52. The Morgan fingerprint density at radius 2 is 1.76 bits per heavy atom. The van der Waals surface area contributed by atoms with Crippen LogP contribution >= 0.6 is 11.6 Å². The quantitative estimate of drug-likeness (QED) is 0.704. The molecule has 2 fully saturated rings. The fraction of sp³-hybridized carbons (Fsp3) is 0.577. The zero-order chi connectivity index (χ0) is 23.7. The second kappa shape index (κ2) is 10.2. The molecule has 5 rings (SSSR count). The lowest BCUT2D eigenvalue weighted by molar-refractivity contribution is -0.133. The van der Waals surface area contributed by atoms with Crippen molar-refractivity contribution in [1.82, 2.24) is 19.8 Å². The van der Waals surface area contributed by atoms with Crippen molar-refractivity contribution >= 4 is 23.3 Å². The predicted molar refractivity (Wildman–Crippen MR) is 133 cm³/mol. The molecule has 1 amide bonds. The van der Waals surface area contributed by atoms with E-state index in [2.05, 4.69) is 26.7 Å². The molecule has 1 aromatic heterocycles. The monoisotopic (exact) mass is 483 g/mol. The van der Waals surface area contributed by atoms with E-state index in [1.807, 2.05) is 29.2 Å². The molecule has 1 N–H and O–H groups in total. The van der Waals surface area contributed by atoms with Gasteiger partial charge >= 0.3 is 0 Å². The van der Waals surface area contributed by atoms with Crippen molar-refractivity contribution < 1.29 is 9.90 Å². The third kappa shape index (κ3) is 4.92. The molecule has 2 saturated heterocycles. The summed E-state index contributed by atoms with van der Waals surface area (Å²) in [5.74, 6) is 1.49. The van der Waals surface area contributed by atoms with Gasteiger partial charge in [0.2, 0.25) is 5.91 Å². The van der Waals surface area contributed by atoms with Gasteiger partial charge in [0.25, 0.3) is 0 Å². The molecule has 3 aliphatic rings. The average Bonchev–Trinajstić information content (AvgIpc) is 3.25. The predicted octanol–water partition coefficient (Wildman–Crippen LogP) is 3.07. The van der Waals surface area contributed by atoms with Gasteiger partial charge in [-0.3, -0.25) is 4.79 Å². The summed E-state index contributed by atoms with van der Waals surface area (Å²) in [6.45, 7) is 7.52. The van der Waals surface area contributed by atoms with Crippen molar-refractivity contribution in [3.8, 4) is 0 Å². The van der Waals surface area contributed by atoms with Crippen LogP contribution in [0.5, 0.6) is 0 Å². The zero-order valence-corrected chi connectivity index (χ0v) is 20.6. The van der Waals surface area contributed by atoms with Crippen molar-refractivity contribution in [1.29, 1.82) is 0 Å². The Morgan fingerprint density at radius 3 is 2.47 bits per heavy atom. The van der Waals surface area contributed by atoms with Crippen molar-refractivity contribution in [2.75, 3.05) is 50.7 Å². The first-order chi connectivity index (χ1) is 16.5. The molecule has 3 heterocycles. The number of benzene rings is 1. The fourth-order valence-corrected chi connectivity index (χ4v) is 5.74. The first-order valence-corrected chi connectivity index (χ1v) is 12.9. The lowest BCUT2D eigenvalue weighted by Gasteiger charge is -2.39. The Labute approximate surface area is 206 Å². The SMILES string of the molecule is C[C@@H]1CCc2ncnc(N3CCN(C(=O)[C@H](CN4CCC(O)CC4)c4ccc(Cl)cc4)CC3)c21. The number of carbonyl (C=O) groups excluding carboxylic acids is 1. The minimum Gasteiger partial charge on any atom is -0.393 e. The summed E-state index contributed by atoms with van der Waals surface area (Å²) in [4.78, 5) is 29.6. The molecule has 8 heteroatoms. The van der Waals surface area contributed by atoms with E-state index in [0.717, 1.165) is 63.2 Å². The number of likely N-dealkylation sites (tertiary alicyclic amines) is 1. The number of carbonyl (C=O) groups is 1. The zero-order valence-electron chi connectivity index (χ0n) is 19.9. The Balaban J connectivity index is 1.29. The van der Waals surface area contributed by atoms with Gasteiger partial charge in [0.15, 0.2) is 0 Å². The molecule has 2 aromatic rings. The number of piperazine rings is 1. The topological polar surface area (TPSA) is 72.8 Å². The summed E-state index contributed by atoms with van der Waals surface area (Å²) in [5, 5.41) is 10.6. The molecule has 0 unspecified atom stereocenters. The Hall–Kier alpha value is -2.22. The highest BCUT2D eigenvalue weighted by Crippen LogP contribution is 2.37. The van der Waals surface area contributed by atoms with Gasteiger partial charge in [-0.15, -0.1) is 0 Å². The van der Waals surface area contributed by atoms with Crippen molar-refractivity contribution in [3.63, 3.8) is 0 Å². The molecule has 1 aromatic carbocycles. The van der Waals surface area contributed by atoms with E-state index in [1.54, 1.807) is 6.33 Å². The smallest absolute Gasteiger partial charge is 0.231 e. The normalized spacial score (nSPS) is 22.6. The molecule has 0 spiro atoms. The molecule has 2 aliphatic heterocycles. The lowest BCUT2D eigenvalue weighted by atomic mass is 9.95. The van der Waals surface area contributed by atoms with E-state index < -0.39 is 0 Å². The van der Waals surface area contributed by atoms with Gasteiger partial charge in [0.05, 0.1) is 12.0 Å². The summed E-state index contributed by atoms with van der Waals surface area (Å²) < 4.78 is 0. The standard InChI is InChI=1S/C26H34ClN5O2/c1-18-2-7-23-24(18)25(29-17-28-23)31-12-14-32(15-13-31)26(34)22(19-3-5-20(27)6-4-19)16-30-10-8-21(33)9-11-30/h3-6,17-18,21-22,33H,2,7-16H2,1H3/t18-,22-/m1/s1. The number of aliphatic hydroxyl groups is 1. The molecule has 0 saturated carbocycles. The molecule has 0 radical (unpaired) electrons. The van der Waals surface area contributed by atoms with Crippen LogP contribution in [0.4, 0.5) is 5.82 Å². The fourth-order valence-electron chi connectivity index (χ4n) is 5.62. The van der Waals surface area contributed by atoms with Gasteiger partial charge in [0, 0.05) is 62.1 Å². The van der Waals surface area contributed by atoms with Crippen LogP contribution in [0.1, 0.15) is 54.8 Å². The summed E-state index contributed by atoms with van der Waals surface area (Å²) in [5.41, 5.74) is 3.49. The van der Waals surface area contributed by atoms with Crippen LogP contribution in [0, 0.1) is 0 Å². The van der Waals surface area contributed by atoms with E-state index in [9.17, 15) is 9.90 Å². The Kier molecular flexibility index (Phi) is 7.04. The van der Waals surface area contributed by atoms with Crippen molar-refractivity contribution in [2.24, 2.45) is 0 Å². The van der Waals surface area contributed by atoms with E-state index >= 15 is 0 Å². The van der Waals surface area contributed by atoms with Gasteiger partial charge < -0.3 is 19.8 Å². The van der Waals surface area contributed by atoms with Crippen LogP contribution in [0.2, 0.25) is 5.02 Å². The van der Waals surface area contributed by atoms with Crippen LogP contribution < -0.4 is 4.90 Å². The molecule has 182 valence electrons. The number of rotatable bonds is 5. The summed E-state index contributed by atoms with van der Waals surface area (Å²) in [6.07, 6.45) is 5.16. The van der Waals surface area contributed by atoms with Gasteiger partial charge in [-0.2, -0.15) is 0 Å². The van der Waals surface area contributed by atoms with E-state index in [-0.39, 0.29) is 17.9 Å². The van der Waals surface area contributed by atoms with Crippen LogP contribution in [0.15, 0.2) is 30.6 Å². The van der Waals surface area contributed by atoms with Crippen LogP contribution in [-0.4, -0.2) is 82.7 Å². The van der Waals surface area contributed by atoms with Gasteiger partial charge in [-0.1, -0.05) is 30.7 Å². The molecule has 2 atom stereocenters. The number of hydrogen-bond donors (Lipinski definition) is 1. The number of fused-ring (bicyclic) bond motifs is 1. The maximum Gasteiger partial charge on any atom is 0.231 e. The molecule has 0 bridgehead atoms. The van der Waals surface area contributed by atoms with Crippen LogP contribution in [0.3, 0.4) is 0 Å². The third-order valence-corrected chi connectivity index (χ3v) is 7.96. The van der Waals surface area contributed by atoms with Gasteiger partial charge in [0.1, 0.15) is 12.1 Å². The van der Waals surface area contributed by atoms with E-state index in [0.29, 0.717) is 30.6 Å². The highest BCUT2D eigenvalue weighted by Gasteiger charge is 2.33. The number of aromatic nitrogens is 2. The number of anilines is 1. The first kappa shape index (κ1) is 23.5. The van der Waals surface area contributed by atoms with E-state index in [4.69, 9.17) is 11.6 Å². The number of aryl methyl sites for hydroxylation is 1. The highest BCUT2D eigenvalue weighted by molar-refractivity contribution is 6.30. The summed E-state index contributed by atoms with van der Waals surface area (Å²) >= 11 is 6.13. The molecule has 34 heavy (non-hydrogen) atoms. The second-order valence-electron chi connectivity index (χ2n) is 9.95. The molecular formula is C26H34ClN5O2. The minimum atomic E-state index is -0.234. The highest BCUT2D eigenvalue weighted by atomic mass is 35.5. The maximum atomic E-state index is 13.8. The molecular weight excluding hydrogens is 450 g/mol. The number of halogens is 1. The third-order valence-electron chi connectivity index (χ3n) is 7.71. The summed E-state index contributed by atoms with van der Waals surface area (Å²) in [6, 6.07) is 7.69. The number of amides is 1. The van der Waals surface area contributed by atoms with Crippen molar-refractivity contribution in [3.05, 3.63) is 52.4 Å². The van der Waals surface area contributed by atoms with Gasteiger partial charge in [-0.05, 0) is 49.3 Å². The Morgan fingerprint density at radius 1 is 1.06 bits per heavy atom. The molecule has 7 nitrogen and oxygen atoms in total. The maximum absolute atomic E-state index is 13.8. The second-order valence-corrected chi connectivity index (χ2v) is 10.4. The minimum absolute atomic E-state index is 0.175. The number of aliphatic hydroxyl groups excluding tert-OH is 1. The van der Waals surface area contributed by atoms with Crippen LogP contribution in [0.25, 0.3) is 0 Å². The van der Waals surface area contributed by atoms with E-state index in [1.165, 1.54) is 11.3 Å². The summed E-state index contributed by atoms with van der Waals surface area (Å²) in [7, 11) is 0. The average molecular weight is 484 g/mol. The first-order valence-electron chi connectivity index (χ1n) is 12.5. The molecule has 1 aliphatic carbocycles. The number of piperidine rings is 1. The van der Waals surface area contributed by atoms with Crippen molar-refractivity contribution in [2.45, 2.75) is 50.5 Å². The largest absolute Gasteiger partial charge is 0.393 e. The van der Waals surface area contributed by atoms with Gasteiger partial charge in [-0.25, -0.2) is 9.97 Å². The Bertz CT molecular complexity index is 1000.